The fraction of sp³-hybridized carbons (Fsp3) is 0.364. The van der Waals surface area contributed by atoms with Crippen LogP contribution in [0.15, 0.2) is 24.3 Å². The summed E-state index contributed by atoms with van der Waals surface area (Å²) in [6.07, 6.45) is 0. The molecule has 0 atom stereocenters. The van der Waals surface area contributed by atoms with E-state index in [1.54, 1.807) is 45.0 Å². The largest absolute Gasteiger partial charge is 0.399 e. The van der Waals surface area contributed by atoms with Gasteiger partial charge in [-0.2, -0.15) is 0 Å². The maximum absolute atomic E-state index is 10.2. The Bertz CT molecular complexity index is 293. The molecule has 2 N–H and O–H groups in total. The summed E-state index contributed by atoms with van der Waals surface area (Å²) < 4.78 is 0. The third-order valence-corrected chi connectivity index (χ3v) is 2.28. The average Bonchev–Trinajstić information content (AvgIpc) is 2.09. The molecule has 0 aliphatic heterocycles. The number of hydrogen-bond acceptors (Lipinski definition) is 2. The molecule has 1 rings (SSSR count). The van der Waals surface area contributed by atoms with Gasteiger partial charge in [0.25, 0.3) is 0 Å². The first kappa shape index (κ1) is 14.3. The van der Waals surface area contributed by atoms with Crippen LogP contribution in [0, 0.1) is 5.41 Å². The normalized spacial score (nSPS) is 10.2. The number of anilines is 1. The van der Waals surface area contributed by atoms with Gasteiger partial charge in [-0.3, -0.25) is 4.79 Å². The van der Waals surface area contributed by atoms with E-state index in [4.69, 9.17) is 28.9 Å². The van der Waals surface area contributed by atoms with E-state index >= 15 is 0 Å². The predicted molar refractivity (Wildman–Crippen MR) is 66.2 cm³/mol. The van der Waals surface area contributed by atoms with Crippen molar-refractivity contribution in [1.82, 2.24) is 0 Å². The van der Waals surface area contributed by atoms with Crippen LogP contribution in [0.4, 0.5) is 5.69 Å². The van der Waals surface area contributed by atoms with E-state index in [9.17, 15) is 4.79 Å². The molecule has 0 aromatic heterocycles. The van der Waals surface area contributed by atoms with Crippen molar-refractivity contribution in [3.05, 3.63) is 29.3 Å². The molecule has 0 aliphatic rings. The molecule has 4 heteroatoms. The van der Waals surface area contributed by atoms with E-state index in [1.165, 1.54) is 0 Å². The Hall–Kier alpha value is -0.730. The zero-order valence-corrected chi connectivity index (χ0v) is 10.6. The van der Waals surface area contributed by atoms with Crippen molar-refractivity contribution in [3.8, 4) is 0 Å². The van der Waals surface area contributed by atoms with Crippen LogP contribution in [-0.2, 0) is 4.79 Å². The average molecular weight is 248 g/mol. The minimum absolute atomic E-state index is 0.285. The van der Waals surface area contributed by atoms with Crippen LogP contribution in [0.5, 0.6) is 0 Å². The molecule has 0 amide bonds. The van der Waals surface area contributed by atoms with Crippen LogP contribution in [-0.4, -0.2) is 5.24 Å². The monoisotopic (exact) mass is 247 g/mol. The van der Waals surface area contributed by atoms with Crippen LogP contribution in [0.2, 0.25) is 5.02 Å². The second-order valence-electron chi connectivity index (χ2n) is 4.08. The summed E-state index contributed by atoms with van der Waals surface area (Å²) in [5, 5.41) is 0.437. The van der Waals surface area contributed by atoms with Crippen molar-refractivity contribution in [2.24, 2.45) is 5.41 Å². The number of carbonyl (C=O) groups excluding carboxylic acids is 1. The van der Waals surface area contributed by atoms with Crippen LogP contribution < -0.4 is 5.73 Å². The van der Waals surface area contributed by atoms with E-state index in [-0.39, 0.29) is 10.7 Å². The van der Waals surface area contributed by atoms with Crippen LogP contribution in [0.3, 0.4) is 0 Å². The molecule has 0 fully saturated rings. The number of rotatable bonds is 0. The second-order valence-corrected chi connectivity index (χ2v) is 4.85. The summed E-state index contributed by atoms with van der Waals surface area (Å²) in [7, 11) is 0. The lowest BCUT2D eigenvalue weighted by atomic mass is 10.00. The van der Waals surface area contributed by atoms with Crippen LogP contribution in [0.1, 0.15) is 20.8 Å². The van der Waals surface area contributed by atoms with Gasteiger partial charge < -0.3 is 5.73 Å². The minimum Gasteiger partial charge on any atom is -0.399 e. The number of halogens is 2. The predicted octanol–water partition coefficient (Wildman–Crippen LogP) is 3.72. The Kier molecular flexibility index (Phi) is 5.69. The van der Waals surface area contributed by atoms with E-state index in [0.717, 1.165) is 10.7 Å². The summed E-state index contributed by atoms with van der Waals surface area (Å²) >= 11 is 10.7. The molecule has 1 aromatic rings. The molecule has 0 radical (unpaired) electrons. The molecule has 84 valence electrons. The maximum Gasteiger partial charge on any atom is 0.226 e. The SMILES string of the molecule is CC(C)(C)C(=O)Cl.Nc1ccc(Cl)cc1. The van der Waals surface area contributed by atoms with Gasteiger partial charge in [0.15, 0.2) is 0 Å². The summed E-state index contributed by atoms with van der Waals surface area (Å²) in [4.78, 5) is 10.2. The third-order valence-electron chi connectivity index (χ3n) is 1.46. The number of hydrogen-bond donors (Lipinski definition) is 1. The molecule has 0 heterocycles. The van der Waals surface area contributed by atoms with Crippen molar-refractivity contribution in [2.75, 3.05) is 5.73 Å². The standard InChI is InChI=1S/C6H6ClN.C5H9ClO/c7-5-1-3-6(8)4-2-5;1-5(2,3)4(6)7/h1-4H,8H2;1-3H3. The fourth-order valence-corrected chi connectivity index (χ4v) is 0.589. The van der Waals surface area contributed by atoms with Crippen LogP contribution >= 0.6 is 23.2 Å². The van der Waals surface area contributed by atoms with Gasteiger partial charge in [-0.25, -0.2) is 0 Å². The Labute approximate surface area is 100 Å². The topological polar surface area (TPSA) is 43.1 Å². The van der Waals surface area contributed by atoms with Crippen molar-refractivity contribution in [2.45, 2.75) is 20.8 Å². The molecular formula is C11H15Cl2NO. The Balaban J connectivity index is 0.000000265. The first-order chi connectivity index (χ1) is 6.73. The van der Waals surface area contributed by atoms with Gasteiger partial charge in [0, 0.05) is 16.1 Å². The van der Waals surface area contributed by atoms with Gasteiger partial charge >= 0.3 is 0 Å². The quantitative estimate of drug-likeness (QED) is 0.561. The highest BCUT2D eigenvalue weighted by molar-refractivity contribution is 6.64. The molecule has 0 aliphatic carbocycles. The third kappa shape index (κ3) is 7.23. The van der Waals surface area contributed by atoms with Crippen LogP contribution in [0.25, 0.3) is 0 Å². The van der Waals surface area contributed by atoms with Gasteiger partial charge in [-0.05, 0) is 35.9 Å². The Morgan fingerprint density at radius 3 is 1.73 bits per heavy atom. The van der Waals surface area contributed by atoms with E-state index in [2.05, 4.69) is 0 Å². The highest BCUT2D eigenvalue weighted by Crippen LogP contribution is 2.15. The smallest absolute Gasteiger partial charge is 0.226 e. The highest BCUT2D eigenvalue weighted by atomic mass is 35.5. The summed E-state index contributed by atoms with van der Waals surface area (Å²) in [5.41, 5.74) is 5.74. The summed E-state index contributed by atoms with van der Waals surface area (Å²) in [6.45, 7) is 5.34. The lowest BCUT2D eigenvalue weighted by Crippen LogP contribution is -2.13. The Morgan fingerprint density at radius 1 is 1.20 bits per heavy atom. The molecule has 15 heavy (non-hydrogen) atoms. The maximum atomic E-state index is 10.2. The first-order valence-electron chi connectivity index (χ1n) is 4.44. The molecule has 0 unspecified atom stereocenters. The second kappa shape index (κ2) is 5.99. The molecule has 0 saturated carbocycles. The molecule has 0 saturated heterocycles. The molecule has 0 bridgehead atoms. The van der Waals surface area contributed by atoms with Crippen molar-refractivity contribution in [3.63, 3.8) is 0 Å². The fourth-order valence-electron chi connectivity index (χ4n) is 0.463. The number of nitrogen functional groups attached to an aromatic ring is 1. The first-order valence-corrected chi connectivity index (χ1v) is 5.20. The van der Waals surface area contributed by atoms with E-state index in [0.29, 0.717) is 0 Å². The highest BCUT2D eigenvalue weighted by Gasteiger charge is 2.17. The van der Waals surface area contributed by atoms with Gasteiger partial charge in [0.1, 0.15) is 0 Å². The van der Waals surface area contributed by atoms with Crippen molar-refractivity contribution >= 4 is 34.1 Å². The van der Waals surface area contributed by atoms with E-state index < -0.39 is 0 Å². The molecule has 0 spiro atoms. The number of nitrogens with two attached hydrogens (primary N) is 1. The molecular weight excluding hydrogens is 233 g/mol. The van der Waals surface area contributed by atoms with Gasteiger partial charge in [0.2, 0.25) is 5.24 Å². The van der Waals surface area contributed by atoms with E-state index in [1.807, 2.05) is 0 Å². The lowest BCUT2D eigenvalue weighted by Gasteiger charge is -2.08. The zero-order chi connectivity index (χ0) is 12.1. The van der Waals surface area contributed by atoms with Gasteiger partial charge in [-0.1, -0.05) is 32.4 Å². The van der Waals surface area contributed by atoms with Crippen molar-refractivity contribution < 1.29 is 4.79 Å². The molecule has 1 aromatic carbocycles. The van der Waals surface area contributed by atoms with Gasteiger partial charge in [-0.15, -0.1) is 0 Å². The van der Waals surface area contributed by atoms with Crippen molar-refractivity contribution in [1.29, 1.82) is 0 Å². The molecule has 2 nitrogen and oxygen atoms in total. The van der Waals surface area contributed by atoms with Gasteiger partial charge in [0.05, 0.1) is 0 Å². The summed E-state index contributed by atoms with van der Waals surface area (Å²) in [6, 6.07) is 7.05. The number of benzene rings is 1. The lowest BCUT2D eigenvalue weighted by molar-refractivity contribution is -0.118. The zero-order valence-electron chi connectivity index (χ0n) is 9.05. The Morgan fingerprint density at radius 2 is 1.53 bits per heavy atom. The summed E-state index contributed by atoms with van der Waals surface area (Å²) in [5.74, 6) is 0. The number of carbonyl (C=O) groups is 1. The minimum atomic E-state index is -0.373.